The maximum absolute atomic E-state index is 12.8. The summed E-state index contributed by atoms with van der Waals surface area (Å²) in [6.07, 6.45) is 4.14. The molecule has 2 atom stereocenters. The number of benzene rings is 1. The Morgan fingerprint density at radius 1 is 1.29 bits per heavy atom. The molecule has 1 aliphatic heterocycles. The van der Waals surface area contributed by atoms with Gasteiger partial charge in [0.1, 0.15) is 0 Å². The Hall–Kier alpha value is -2.14. The molecule has 2 unspecified atom stereocenters. The molecule has 4 rings (SSSR count). The van der Waals surface area contributed by atoms with Crippen LogP contribution in [0.3, 0.4) is 0 Å². The summed E-state index contributed by atoms with van der Waals surface area (Å²) in [7, 11) is 0. The standard InChI is InChI=1S/C19H24N4O/c1-13-10-11-20-12-16(13)21-19(24)18-15-8-5-9-17(15)23(22-18)14-6-3-2-4-7-14/h2-4,6-7,13,16,20H,5,8-12H2,1H3,(H,21,24). The number of carbonyl (C=O) groups excluding carboxylic acids is 1. The van der Waals surface area contributed by atoms with E-state index in [1.807, 2.05) is 35.0 Å². The Morgan fingerprint density at radius 2 is 2.12 bits per heavy atom. The summed E-state index contributed by atoms with van der Waals surface area (Å²) in [6.45, 7) is 4.08. The molecule has 2 heterocycles. The number of aromatic nitrogens is 2. The lowest BCUT2D eigenvalue weighted by Gasteiger charge is -2.30. The summed E-state index contributed by atoms with van der Waals surface area (Å²) in [4.78, 5) is 12.8. The average Bonchev–Trinajstić information content (AvgIpc) is 3.20. The van der Waals surface area contributed by atoms with Crippen molar-refractivity contribution < 1.29 is 4.79 Å². The fraction of sp³-hybridized carbons (Fsp3) is 0.474. The molecule has 1 fully saturated rings. The summed E-state index contributed by atoms with van der Waals surface area (Å²) >= 11 is 0. The molecular weight excluding hydrogens is 300 g/mol. The molecule has 5 nitrogen and oxygen atoms in total. The van der Waals surface area contributed by atoms with Crippen molar-refractivity contribution in [3.63, 3.8) is 0 Å². The van der Waals surface area contributed by atoms with Crippen LogP contribution in [0.5, 0.6) is 0 Å². The minimum absolute atomic E-state index is 0.0246. The van der Waals surface area contributed by atoms with E-state index in [4.69, 9.17) is 0 Å². The van der Waals surface area contributed by atoms with Gasteiger partial charge in [-0.2, -0.15) is 5.10 Å². The van der Waals surface area contributed by atoms with Crippen LogP contribution in [0.4, 0.5) is 0 Å². The van der Waals surface area contributed by atoms with Crippen LogP contribution in [0.25, 0.3) is 5.69 Å². The highest BCUT2D eigenvalue weighted by molar-refractivity contribution is 5.94. The predicted octanol–water partition coefficient (Wildman–Crippen LogP) is 2.09. The quantitative estimate of drug-likeness (QED) is 0.909. The van der Waals surface area contributed by atoms with Gasteiger partial charge in [0.2, 0.25) is 0 Å². The monoisotopic (exact) mass is 324 g/mol. The molecule has 2 aromatic rings. The van der Waals surface area contributed by atoms with Crippen molar-refractivity contribution in [3.05, 3.63) is 47.3 Å². The average molecular weight is 324 g/mol. The lowest BCUT2D eigenvalue weighted by molar-refractivity contribution is 0.0909. The molecular formula is C19H24N4O. The molecule has 0 spiro atoms. The van der Waals surface area contributed by atoms with Gasteiger partial charge in [0.15, 0.2) is 5.69 Å². The molecule has 0 saturated carbocycles. The van der Waals surface area contributed by atoms with E-state index in [1.165, 1.54) is 5.69 Å². The first-order valence-corrected chi connectivity index (χ1v) is 8.92. The van der Waals surface area contributed by atoms with Crippen molar-refractivity contribution in [3.8, 4) is 5.69 Å². The second kappa shape index (κ2) is 6.40. The number of fused-ring (bicyclic) bond motifs is 1. The van der Waals surface area contributed by atoms with E-state index in [1.54, 1.807) is 0 Å². The number of carbonyl (C=O) groups is 1. The Balaban J connectivity index is 1.63. The van der Waals surface area contributed by atoms with Gasteiger partial charge in [0.25, 0.3) is 5.91 Å². The number of para-hydroxylation sites is 1. The zero-order valence-corrected chi connectivity index (χ0v) is 14.1. The molecule has 2 aliphatic rings. The molecule has 0 radical (unpaired) electrons. The number of nitrogens with zero attached hydrogens (tertiary/aromatic N) is 2. The fourth-order valence-electron chi connectivity index (χ4n) is 3.82. The van der Waals surface area contributed by atoms with Gasteiger partial charge in [-0.25, -0.2) is 4.68 Å². The van der Waals surface area contributed by atoms with Crippen LogP contribution in [-0.4, -0.2) is 34.8 Å². The van der Waals surface area contributed by atoms with Crippen LogP contribution in [-0.2, 0) is 12.8 Å². The molecule has 1 aromatic carbocycles. The lowest BCUT2D eigenvalue weighted by atomic mass is 9.94. The van der Waals surface area contributed by atoms with Gasteiger partial charge in [-0.3, -0.25) is 4.79 Å². The van der Waals surface area contributed by atoms with Crippen molar-refractivity contribution in [2.75, 3.05) is 13.1 Å². The molecule has 1 saturated heterocycles. The van der Waals surface area contributed by atoms with E-state index in [2.05, 4.69) is 22.7 Å². The third-order valence-electron chi connectivity index (χ3n) is 5.29. The summed E-state index contributed by atoms with van der Waals surface area (Å²) < 4.78 is 1.96. The lowest BCUT2D eigenvalue weighted by Crippen LogP contribution is -2.50. The largest absolute Gasteiger partial charge is 0.346 e. The summed E-state index contributed by atoms with van der Waals surface area (Å²) in [5.74, 6) is 0.475. The van der Waals surface area contributed by atoms with Crippen molar-refractivity contribution >= 4 is 5.91 Å². The highest BCUT2D eigenvalue weighted by Gasteiger charge is 2.29. The van der Waals surface area contributed by atoms with Gasteiger partial charge in [0, 0.05) is 23.8 Å². The first kappa shape index (κ1) is 15.4. The van der Waals surface area contributed by atoms with E-state index in [0.29, 0.717) is 11.6 Å². The first-order chi connectivity index (χ1) is 11.7. The van der Waals surface area contributed by atoms with Gasteiger partial charge in [-0.1, -0.05) is 25.1 Å². The van der Waals surface area contributed by atoms with E-state index in [9.17, 15) is 4.79 Å². The first-order valence-electron chi connectivity index (χ1n) is 8.92. The summed E-state index contributed by atoms with van der Waals surface area (Å²) in [5.41, 5.74) is 3.97. The number of piperidine rings is 1. The second-order valence-electron chi connectivity index (χ2n) is 6.92. The predicted molar refractivity (Wildman–Crippen MR) is 93.5 cm³/mol. The fourth-order valence-corrected chi connectivity index (χ4v) is 3.82. The molecule has 5 heteroatoms. The van der Waals surface area contributed by atoms with Crippen molar-refractivity contribution in [2.45, 2.75) is 38.6 Å². The van der Waals surface area contributed by atoms with Crippen LogP contribution in [0.1, 0.15) is 41.5 Å². The van der Waals surface area contributed by atoms with Crippen LogP contribution in [0.2, 0.25) is 0 Å². The second-order valence-corrected chi connectivity index (χ2v) is 6.92. The number of hydrogen-bond donors (Lipinski definition) is 2. The highest BCUT2D eigenvalue weighted by Crippen LogP contribution is 2.28. The minimum Gasteiger partial charge on any atom is -0.346 e. The van der Waals surface area contributed by atoms with Crippen molar-refractivity contribution in [2.24, 2.45) is 5.92 Å². The molecule has 1 amide bonds. The topological polar surface area (TPSA) is 58.9 Å². The van der Waals surface area contributed by atoms with Crippen LogP contribution in [0.15, 0.2) is 30.3 Å². The zero-order valence-electron chi connectivity index (χ0n) is 14.1. The van der Waals surface area contributed by atoms with Gasteiger partial charge >= 0.3 is 0 Å². The Morgan fingerprint density at radius 3 is 2.92 bits per heavy atom. The third-order valence-corrected chi connectivity index (χ3v) is 5.29. The third kappa shape index (κ3) is 2.73. The molecule has 24 heavy (non-hydrogen) atoms. The van der Waals surface area contributed by atoms with Crippen LogP contribution < -0.4 is 10.6 Å². The molecule has 0 bridgehead atoms. The van der Waals surface area contributed by atoms with E-state index in [-0.39, 0.29) is 11.9 Å². The van der Waals surface area contributed by atoms with Gasteiger partial charge in [0.05, 0.1) is 5.69 Å². The Labute approximate surface area is 142 Å². The van der Waals surface area contributed by atoms with E-state index < -0.39 is 0 Å². The van der Waals surface area contributed by atoms with Gasteiger partial charge < -0.3 is 10.6 Å². The molecule has 2 N–H and O–H groups in total. The molecule has 1 aliphatic carbocycles. The smallest absolute Gasteiger partial charge is 0.272 e. The van der Waals surface area contributed by atoms with Crippen molar-refractivity contribution in [1.29, 1.82) is 0 Å². The zero-order chi connectivity index (χ0) is 16.5. The maximum Gasteiger partial charge on any atom is 0.272 e. The Bertz CT molecular complexity index is 737. The van der Waals surface area contributed by atoms with E-state index in [0.717, 1.165) is 50.0 Å². The highest BCUT2D eigenvalue weighted by atomic mass is 16.2. The molecule has 126 valence electrons. The number of nitrogens with one attached hydrogen (secondary N) is 2. The summed E-state index contributed by atoms with van der Waals surface area (Å²) in [6, 6.07) is 10.3. The van der Waals surface area contributed by atoms with Crippen LogP contribution in [0, 0.1) is 5.92 Å². The van der Waals surface area contributed by atoms with Gasteiger partial charge in [-0.05, 0) is 50.3 Å². The molecule has 1 aromatic heterocycles. The Kier molecular flexibility index (Phi) is 4.10. The van der Waals surface area contributed by atoms with Crippen LogP contribution >= 0.6 is 0 Å². The minimum atomic E-state index is -0.0246. The number of hydrogen-bond acceptors (Lipinski definition) is 3. The van der Waals surface area contributed by atoms with E-state index >= 15 is 0 Å². The SMILES string of the molecule is CC1CCNCC1NC(=O)c1nn(-c2ccccc2)c2c1CCC2. The number of amides is 1. The van der Waals surface area contributed by atoms with Crippen molar-refractivity contribution in [1.82, 2.24) is 20.4 Å². The van der Waals surface area contributed by atoms with Gasteiger partial charge in [-0.15, -0.1) is 0 Å². The summed E-state index contributed by atoms with van der Waals surface area (Å²) in [5, 5.41) is 11.2. The maximum atomic E-state index is 12.8. The normalized spacial score (nSPS) is 23.0. The number of rotatable bonds is 3.